The maximum absolute atomic E-state index is 11.9. The monoisotopic (exact) mass is 230 g/mol. The van der Waals surface area contributed by atoms with Crippen LogP contribution in [0.2, 0.25) is 0 Å². The van der Waals surface area contributed by atoms with Gasteiger partial charge in [0.2, 0.25) is 0 Å². The quantitative estimate of drug-likeness (QED) is 0.744. The molecule has 0 spiro atoms. The van der Waals surface area contributed by atoms with Gasteiger partial charge in [-0.25, -0.2) is 4.79 Å². The Balaban J connectivity index is 2.57. The van der Waals surface area contributed by atoms with Crippen LogP contribution in [-0.2, 0) is 4.74 Å². The van der Waals surface area contributed by atoms with Gasteiger partial charge in [-0.1, -0.05) is 6.92 Å². The van der Waals surface area contributed by atoms with Gasteiger partial charge in [0.1, 0.15) is 5.60 Å². The van der Waals surface area contributed by atoms with Gasteiger partial charge < -0.3 is 20.1 Å². The average molecular weight is 230 g/mol. The van der Waals surface area contributed by atoms with Crippen LogP contribution in [0.4, 0.5) is 4.79 Å². The van der Waals surface area contributed by atoms with Crippen molar-refractivity contribution in [2.45, 2.75) is 38.8 Å². The molecule has 1 atom stereocenters. The zero-order valence-corrected chi connectivity index (χ0v) is 10.3. The summed E-state index contributed by atoms with van der Waals surface area (Å²) in [5.41, 5.74) is -0.442. The second-order valence-electron chi connectivity index (χ2n) is 4.72. The molecular formula is C11H22N2O3. The lowest BCUT2D eigenvalue weighted by atomic mass is 10.1. The molecule has 0 aromatic heterocycles. The second-order valence-corrected chi connectivity index (χ2v) is 4.72. The van der Waals surface area contributed by atoms with Crippen LogP contribution in [-0.4, -0.2) is 54.0 Å². The number of piperazine rings is 1. The molecule has 0 saturated carbocycles. The van der Waals surface area contributed by atoms with E-state index in [1.165, 1.54) is 0 Å². The van der Waals surface area contributed by atoms with Crippen molar-refractivity contribution in [1.29, 1.82) is 0 Å². The van der Waals surface area contributed by atoms with Gasteiger partial charge in [-0.05, 0) is 20.3 Å². The number of rotatable bonds is 3. The first-order valence-corrected chi connectivity index (χ1v) is 5.81. The number of hydrogen-bond acceptors (Lipinski definition) is 4. The van der Waals surface area contributed by atoms with Crippen LogP contribution in [0.1, 0.15) is 27.2 Å². The Labute approximate surface area is 96.8 Å². The summed E-state index contributed by atoms with van der Waals surface area (Å²) in [6.07, 6.45) is 0.446. The molecule has 5 nitrogen and oxygen atoms in total. The molecule has 0 aliphatic carbocycles. The average Bonchev–Trinajstić information content (AvgIpc) is 2.28. The first-order chi connectivity index (χ1) is 7.50. The molecule has 1 aliphatic heterocycles. The van der Waals surface area contributed by atoms with Crippen LogP contribution in [0.5, 0.6) is 0 Å². The highest BCUT2D eigenvalue weighted by molar-refractivity contribution is 5.68. The van der Waals surface area contributed by atoms with Gasteiger partial charge in [-0.2, -0.15) is 0 Å². The molecule has 1 heterocycles. The standard InChI is InChI=1S/C11H22N2O3/c1-4-11(2,3)16-10(15)13-6-5-12-7-9(13)8-14/h9,12,14H,4-8H2,1-3H3/t9-/m0/s1. The molecule has 0 unspecified atom stereocenters. The van der Waals surface area contributed by atoms with Crippen LogP contribution in [0.3, 0.4) is 0 Å². The van der Waals surface area contributed by atoms with E-state index in [4.69, 9.17) is 4.74 Å². The van der Waals surface area contributed by atoms with Gasteiger partial charge in [0.15, 0.2) is 0 Å². The maximum Gasteiger partial charge on any atom is 0.410 e. The van der Waals surface area contributed by atoms with Gasteiger partial charge in [-0.15, -0.1) is 0 Å². The number of nitrogens with one attached hydrogen (secondary N) is 1. The predicted molar refractivity (Wildman–Crippen MR) is 61.3 cm³/mol. The molecule has 0 aromatic carbocycles. The van der Waals surface area contributed by atoms with Gasteiger partial charge in [0.25, 0.3) is 0 Å². The molecule has 5 heteroatoms. The van der Waals surface area contributed by atoms with E-state index in [1.54, 1.807) is 4.90 Å². The lowest BCUT2D eigenvalue weighted by Crippen LogP contribution is -2.56. The molecule has 0 bridgehead atoms. The van der Waals surface area contributed by atoms with Crippen molar-refractivity contribution in [3.05, 3.63) is 0 Å². The Morgan fingerprint density at radius 2 is 2.31 bits per heavy atom. The van der Waals surface area contributed by atoms with Crippen molar-refractivity contribution in [3.63, 3.8) is 0 Å². The Kier molecular flexibility index (Phi) is 4.56. The summed E-state index contributed by atoms with van der Waals surface area (Å²) in [7, 11) is 0. The normalized spacial score (nSPS) is 22.0. The van der Waals surface area contributed by atoms with Crippen LogP contribution in [0.15, 0.2) is 0 Å². The third-order valence-corrected chi connectivity index (χ3v) is 3.01. The highest BCUT2D eigenvalue weighted by Crippen LogP contribution is 2.17. The third kappa shape index (κ3) is 3.35. The topological polar surface area (TPSA) is 61.8 Å². The van der Waals surface area contributed by atoms with Gasteiger partial charge in [0.05, 0.1) is 12.6 Å². The first kappa shape index (κ1) is 13.3. The fraction of sp³-hybridized carbons (Fsp3) is 0.909. The summed E-state index contributed by atoms with van der Waals surface area (Å²) in [5, 5.41) is 12.3. The fourth-order valence-electron chi connectivity index (χ4n) is 1.53. The lowest BCUT2D eigenvalue weighted by molar-refractivity contribution is -0.00604. The van der Waals surface area contributed by atoms with Crippen molar-refractivity contribution in [3.8, 4) is 0 Å². The molecule has 1 fully saturated rings. The van der Waals surface area contributed by atoms with E-state index in [-0.39, 0.29) is 18.7 Å². The Morgan fingerprint density at radius 1 is 1.62 bits per heavy atom. The highest BCUT2D eigenvalue weighted by Gasteiger charge is 2.30. The first-order valence-electron chi connectivity index (χ1n) is 5.81. The summed E-state index contributed by atoms with van der Waals surface area (Å²) in [5.74, 6) is 0. The fourth-order valence-corrected chi connectivity index (χ4v) is 1.53. The summed E-state index contributed by atoms with van der Waals surface area (Å²) in [6, 6.07) is -0.172. The van der Waals surface area contributed by atoms with Crippen molar-refractivity contribution in [1.82, 2.24) is 10.2 Å². The van der Waals surface area contributed by atoms with Crippen molar-refractivity contribution >= 4 is 6.09 Å². The number of aliphatic hydroxyl groups is 1. The summed E-state index contributed by atoms with van der Waals surface area (Å²) >= 11 is 0. The molecular weight excluding hydrogens is 208 g/mol. The second kappa shape index (κ2) is 5.50. The van der Waals surface area contributed by atoms with Crippen molar-refractivity contribution < 1.29 is 14.6 Å². The number of nitrogens with zero attached hydrogens (tertiary/aromatic N) is 1. The molecule has 1 amide bonds. The highest BCUT2D eigenvalue weighted by atomic mass is 16.6. The molecule has 0 aromatic rings. The summed E-state index contributed by atoms with van der Waals surface area (Å²) < 4.78 is 5.41. The largest absolute Gasteiger partial charge is 0.443 e. The maximum atomic E-state index is 11.9. The molecule has 2 N–H and O–H groups in total. The molecule has 0 radical (unpaired) electrons. The van der Waals surface area contributed by atoms with E-state index < -0.39 is 5.60 Å². The predicted octanol–water partition coefficient (Wildman–Crippen LogP) is 0.578. The van der Waals surface area contributed by atoms with Crippen LogP contribution in [0.25, 0.3) is 0 Å². The zero-order chi connectivity index (χ0) is 12.2. The van der Waals surface area contributed by atoms with E-state index in [9.17, 15) is 9.90 Å². The van der Waals surface area contributed by atoms with E-state index in [0.29, 0.717) is 13.1 Å². The summed E-state index contributed by atoms with van der Waals surface area (Å²) in [4.78, 5) is 13.5. The van der Waals surface area contributed by atoms with Crippen LogP contribution in [0, 0.1) is 0 Å². The molecule has 1 rings (SSSR count). The number of amides is 1. The van der Waals surface area contributed by atoms with E-state index >= 15 is 0 Å². The Bertz CT molecular complexity index is 243. The third-order valence-electron chi connectivity index (χ3n) is 3.01. The summed E-state index contributed by atoms with van der Waals surface area (Å²) in [6.45, 7) is 7.69. The number of ether oxygens (including phenoxy) is 1. The van der Waals surface area contributed by atoms with Crippen molar-refractivity contribution in [2.24, 2.45) is 0 Å². The number of carbonyl (C=O) groups is 1. The molecule has 1 aliphatic rings. The minimum Gasteiger partial charge on any atom is -0.443 e. The molecule has 94 valence electrons. The number of hydrogen-bond donors (Lipinski definition) is 2. The smallest absolute Gasteiger partial charge is 0.410 e. The van der Waals surface area contributed by atoms with Crippen molar-refractivity contribution in [2.75, 3.05) is 26.2 Å². The lowest BCUT2D eigenvalue weighted by Gasteiger charge is -2.36. The SMILES string of the molecule is CCC(C)(C)OC(=O)N1CCNC[C@H]1CO. The zero-order valence-electron chi connectivity index (χ0n) is 10.3. The number of carbonyl (C=O) groups excluding carboxylic acids is 1. The Morgan fingerprint density at radius 3 is 2.88 bits per heavy atom. The minimum absolute atomic E-state index is 0.0331. The van der Waals surface area contributed by atoms with E-state index in [1.807, 2.05) is 20.8 Å². The van der Waals surface area contributed by atoms with Crippen LogP contribution >= 0.6 is 0 Å². The molecule has 1 saturated heterocycles. The van der Waals surface area contributed by atoms with E-state index in [2.05, 4.69) is 5.32 Å². The van der Waals surface area contributed by atoms with E-state index in [0.717, 1.165) is 13.0 Å². The Hall–Kier alpha value is -0.810. The van der Waals surface area contributed by atoms with Gasteiger partial charge in [-0.3, -0.25) is 0 Å². The molecule has 16 heavy (non-hydrogen) atoms. The van der Waals surface area contributed by atoms with Crippen LogP contribution < -0.4 is 5.32 Å². The van der Waals surface area contributed by atoms with Gasteiger partial charge >= 0.3 is 6.09 Å². The van der Waals surface area contributed by atoms with Gasteiger partial charge in [0, 0.05) is 19.6 Å². The minimum atomic E-state index is -0.442. The number of aliphatic hydroxyl groups excluding tert-OH is 1.